The molecule has 0 spiro atoms. The minimum Gasteiger partial charge on any atom is -0.496 e. The van der Waals surface area contributed by atoms with Crippen molar-refractivity contribution in [1.29, 1.82) is 0 Å². The second kappa shape index (κ2) is 9.41. The fourth-order valence-corrected chi connectivity index (χ4v) is 3.61. The predicted octanol–water partition coefficient (Wildman–Crippen LogP) is 3.52. The summed E-state index contributed by atoms with van der Waals surface area (Å²) >= 11 is 0. The van der Waals surface area contributed by atoms with Crippen molar-refractivity contribution in [2.45, 2.75) is 39.5 Å². The third-order valence-electron chi connectivity index (χ3n) is 5.29. The molecule has 8 heteroatoms. The summed E-state index contributed by atoms with van der Waals surface area (Å²) in [5.74, 6) is 2.38. The second-order valence-corrected chi connectivity index (χ2v) is 8.99. The highest BCUT2D eigenvalue weighted by Gasteiger charge is 2.28. The largest absolute Gasteiger partial charge is 0.496 e. The summed E-state index contributed by atoms with van der Waals surface area (Å²) in [7, 11) is 3.19. The summed E-state index contributed by atoms with van der Waals surface area (Å²) in [5.41, 5.74) is 7.15. The van der Waals surface area contributed by atoms with Crippen LogP contribution in [0.5, 0.6) is 17.2 Å². The molecule has 1 amide bonds. The molecule has 2 aromatic heterocycles. The number of carbonyl (C=O) groups excluding carboxylic acids is 1. The molecule has 0 aliphatic carbocycles. The zero-order valence-electron chi connectivity index (χ0n) is 19.0. The first-order valence-electron chi connectivity index (χ1n) is 10.5. The quantitative estimate of drug-likeness (QED) is 0.751. The van der Waals surface area contributed by atoms with E-state index in [1.54, 1.807) is 38.7 Å². The summed E-state index contributed by atoms with van der Waals surface area (Å²) in [6, 6.07) is 3.39. The van der Waals surface area contributed by atoms with Crippen LogP contribution in [0.25, 0.3) is 0 Å². The van der Waals surface area contributed by atoms with E-state index in [9.17, 15) is 4.79 Å². The lowest BCUT2D eigenvalue weighted by molar-refractivity contribution is 0.0705. The van der Waals surface area contributed by atoms with Crippen molar-refractivity contribution in [3.63, 3.8) is 0 Å². The minimum atomic E-state index is -0.110. The van der Waals surface area contributed by atoms with Crippen LogP contribution in [0.15, 0.2) is 24.5 Å². The first kappa shape index (κ1) is 22.7. The molecule has 3 rings (SSSR count). The average Bonchev–Trinajstić information content (AvgIpc) is 2.76. The van der Waals surface area contributed by atoms with Crippen molar-refractivity contribution >= 4 is 11.7 Å². The first-order chi connectivity index (χ1) is 14.7. The van der Waals surface area contributed by atoms with Crippen LogP contribution in [-0.2, 0) is 0 Å². The third kappa shape index (κ3) is 5.57. The number of hydrogen-bond acceptors (Lipinski definition) is 7. The van der Waals surface area contributed by atoms with Gasteiger partial charge in [0.1, 0.15) is 17.3 Å². The van der Waals surface area contributed by atoms with Crippen molar-refractivity contribution in [1.82, 2.24) is 14.9 Å². The van der Waals surface area contributed by atoms with Crippen LogP contribution in [0, 0.1) is 5.41 Å². The van der Waals surface area contributed by atoms with Gasteiger partial charge in [-0.15, -0.1) is 0 Å². The van der Waals surface area contributed by atoms with Crippen molar-refractivity contribution in [3.05, 3.63) is 35.8 Å². The highest BCUT2D eigenvalue weighted by Crippen LogP contribution is 2.35. The fourth-order valence-electron chi connectivity index (χ4n) is 3.61. The Hall–Kier alpha value is -3.03. The Bertz CT molecular complexity index is 918. The molecular weight excluding hydrogens is 396 g/mol. The SMILES string of the molecule is COc1cc(C(=O)N2CCC(c3cnc(N)cc3OC)CC2)ncc1OCC(C)(C)C. The number of anilines is 1. The second-order valence-electron chi connectivity index (χ2n) is 8.99. The summed E-state index contributed by atoms with van der Waals surface area (Å²) in [6.45, 7) is 8.04. The van der Waals surface area contributed by atoms with Gasteiger partial charge in [0.15, 0.2) is 11.5 Å². The summed E-state index contributed by atoms with van der Waals surface area (Å²) in [4.78, 5) is 23.4. The zero-order valence-corrected chi connectivity index (χ0v) is 19.0. The van der Waals surface area contributed by atoms with Crippen LogP contribution in [0.1, 0.15) is 55.6 Å². The van der Waals surface area contributed by atoms with Crippen LogP contribution in [0.3, 0.4) is 0 Å². The van der Waals surface area contributed by atoms with E-state index >= 15 is 0 Å². The van der Waals surface area contributed by atoms with Crippen LogP contribution >= 0.6 is 0 Å². The number of ether oxygens (including phenoxy) is 3. The molecule has 168 valence electrons. The molecule has 2 N–H and O–H groups in total. The van der Waals surface area contributed by atoms with Crippen LogP contribution < -0.4 is 19.9 Å². The van der Waals surface area contributed by atoms with E-state index in [0.717, 1.165) is 24.2 Å². The zero-order chi connectivity index (χ0) is 22.6. The van der Waals surface area contributed by atoms with Gasteiger partial charge in [-0.2, -0.15) is 0 Å². The van der Waals surface area contributed by atoms with Crippen molar-refractivity contribution < 1.29 is 19.0 Å². The lowest BCUT2D eigenvalue weighted by Gasteiger charge is -2.32. The molecule has 0 radical (unpaired) electrons. The van der Waals surface area contributed by atoms with E-state index in [0.29, 0.717) is 42.7 Å². The Morgan fingerprint density at radius 1 is 1.06 bits per heavy atom. The van der Waals surface area contributed by atoms with Crippen molar-refractivity contribution in [2.24, 2.45) is 5.41 Å². The van der Waals surface area contributed by atoms with Gasteiger partial charge in [0.25, 0.3) is 5.91 Å². The summed E-state index contributed by atoms with van der Waals surface area (Å²) < 4.78 is 16.7. The number of amides is 1. The van der Waals surface area contributed by atoms with E-state index in [1.165, 1.54) is 0 Å². The number of nitrogens with two attached hydrogens (primary N) is 1. The van der Waals surface area contributed by atoms with E-state index in [1.807, 2.05) is 4.90 Å². The van der Waals surface area contributed by atoms with Gasteiger partial charge in [-0.3, -0.25) is 4.79 Å². The van der Waals surface area contributed by atoms with Crippen LogP contribution in [0.2, 0.25) is 0 Å². The predicted molar refractivity (Wildman–Crippen MR) is 119 cm³/mol. The Labute approximate surface area is 183 Å². The Morgan fingerprint density at radius 2 is 1.74 bits per heavy atom. The molecule has 8 nitrogen and oxygen atoms in total. The molecular formula is C23H32N4O4. The molecule has 0 atom stereocenters. The monoisotopic (exact) mass is 428 g/mol. The number of methoxy groups -OCH3 is 2. The number of carbonyl (C=O) groups is 1. The smallest absolute Gasteiger partial charge is 0.272 e. The van der Waals surface area contributed by atoms with Gasteiger partial charge in [-0.25, -0.2) is 9.97 Å². The van der Waals surface area contributed by atoms with Gasteiger partial charge in [-0.1, -0.05) is 20.8 Å². The van der Waals surface area contributed by atoms with Gasteiger partial charge in [-0.05, 0) is 24.2 Å². The van der Waals surface area contributed by atoms with Gasteiger partial charge in [0, 0.05) is 37.0 Å². The number of pyridine rings is 2. The van der Waals surface area contributed by atoms with E-state index < -0.39 is 0 Å². The molecule has 1 fully saturated rings. The molecule has 0 unspecified atom stereocenters. The first-order valence-corrected chi connectivity index (χ1v) is 10.5. The molecule has 1 aliphatic rings. The summed E-state index contributed by atoms with van der Waals surface area (Å²) in [5, 5.41) is 0. The Balaban J connectivity index is 1.66. The maximum atomic E-state index is 13.0. The lowest BCUT2D eigenvalue weighted by atomic mass is 9.89. The highest BCUT2D eigenvalue weighted by atomic mass is 16.5. The van der Waals surface area contributed by atoms with Gasteiger partial charge >= 0.3 is 0 Å². The number of likely N-dealkylation sites (tertiary alicyclic amines) is 1. The number of rotatable bonds is 6. The molecule has 2 aromatic rings. The topological polar surface area (TPSA) is 99.8 Å². The van der Waals surface area contributed by atoms with Crippen molar-refractivity contribution in [3.8, 4) is 17.2 Å². The van der Waals surface area contributed by atoms with Crippen molar-refractivity contribution in [2.75, 3.05) is 39.6 Å². The average molecular weight is 429 g/mol. The van der Waals surface area contributed by atoms with E-state index in [-0.39, 0.29) is 17.2 Å². The van der Waals surface area contributed by atoms with Gasteiger partial charge < -0.3 is 24.8 Å². The number of aromatic nitrogens is 2. The standard InChI is InChI=1S/C23H32N4O4/c1-23(2,3)14-31-20-13-25-17(10-19(20)30-5)22(28)27-8-6-15(7-9-27)16-12-26-21(24)11-18(16)29-4/h10-13,15H,6-9,14H2,1-5H3,(H2,24,26). The molecule has 0 saturated carbocycles. The van der Waals surface area contributed by atoms with E-state index in [2.05, 4.69) is 30.7 Å². The summed E-state index contributed by atoms with van der Waals surface area (Å²) in [6.07, 6.45) is 4.98. The molecule has 1 aliphatic heterocycles. The Kier molecular flexibility index (Phi) is 6.87. The maximum absolute atomic E-state index is 13.0. The highest BCUT2D eigenvalue weighted by molar-refractivity contribution is 5.93. The maximum Gasteiger partial charge on any atom is 0.272 e. The minimum absolute atomic E-state index is 0.00647. The van der Waals surface area contributed by atoms with E-state index in [4.69, 9.17) is 19.9 Å². The molecule has 0 bridgehead atoms. The number of nitrogens with zero attached hydrogens (tertiary/aromatic N) is 3. The lowest BCUT2D eigenvalue weighted by Crippen LogP contribution is -2.38. The van der Waals surface area contributed by atoms with Crippen LogP contribution in [-0.4, -0.2) is 54.7 Å². The Morgan fingerprint density at radius 3 is 2.35 bits per heavy atom. The van der Waals surface area contributed by atoms with Crippen LogP contribution in [0.4, 0.5) is 5.82 Å². The van der Waals surface area contributed by atoms with Gasteiger partial charge in [0.2, 0.25) is 0 Å². The fraction of sp³-hybridized carbons (Fsp3) is 0.522. The normalized spacial score (nSPS) is 14.9. The molecule has 1 saturated heterocycles. The third-order valence-corrected chi connectivity index (χ3v) is 5.29. The molecule has 31 heavy (non-hydrogen) atoms. The molecule has 0 aromatic carbocycles. The number of piperidine rings is 1. The van der Waals surface area contributed by atoms with Gasteiger partial charge in [0.05, 0.1) is 27.0 Å². The molecule has 3 heterocycles. The number of nitrogen functional groups attached to an aromatic ring is 1. The number of hydrogen-bond donors (Lipinski definition) is 1.